The van der Waals surface area contributed by atoms with Gasteiger partial charge in [-0.2, -0.15) is 0 Å². The van der Waals surface area contributed by atoms with Gasteiger partial charge in [-0.15, -0.1) is 0 Å². The molecule has 0 aromatic carbocycles. The van der Waals surface area contributed by atoms with E-state index < -0.39 is 5.97 Å². The summed E-state index contributed by atoms with van der Waals surface area (Å²) in [5.41, 5.74) is 0. The van der Waals surface area contributed by atoms with E-state index in [2.05, 4.69) is 0 Å². The maximum Gasteiger partial charge on any atom is 0.323 e. The van der Waals surface area contributed by atoms with Gasteiger partial charge < -0.3 is 14.9 Å². The molecule has 5 heteroatoms. The molecule has 0 radical (unpaired) electrons. The molecule has 1 saturated carbocycles. The molecular weight excluding hydrogens is 244 g/mol. The summed E-state index contributed by atoms with van der Waals surface area (Å²) in [6, 6.07) is 0.261. The van der Waals surface area contributed by atoms with Crippen molar-refractivity contribution in [3.63, 3.8) is 0 Å². The van der Waals surface area contributed by atoms with Crippen molar-refractivity contribution in [1.82, 2.24) is 9.80 Å². The van der Waals surface area contributed by atoms with Crippen molar-refractivity contribution in [2.24, 2.45) is 5.92 Å². The fourth-order valence-electron chi connectivity index (χ4n) is 3.52. The number of urea groups is 1. The van der Waals surface area contributed by atoms with Crippen LogP contribution in [0.1, 0.15) is 45.4 Å². The normalized spacial score (nSPS) is 23.8. The number of likely N-dealkylation sites (tertiary alicyclic amines) is 1. The van der Waals surface area contributed by atoms with E-state index in [9.17, 15) is 9.59 Å². The number of carboxylic acids is 1. The zero-order valence-electron chi connectivity index (χ0n) is 11.7. The first-order chi connectivity index (χ1) is 9.13. The smallest absolute Gasteiger partial charge is 0.323 e. The van der Waals surface area contributed by atoms with E-state index in [-0.39, 0.29) is 12.6 Å². The van der Waals surface area contributed by atoms with Gasteiger partial charge in [0.05, 0.1) is 0 Å². The molecule has 19 heavy (non-hydrogen) atoms. The number of carboxylic acid groups (broad SMARTS) is 1. The molecule has 2 fully saturated rings. The van der Waals surface area contributed by atoms with Crippen molar-refractivity contribution in [3.8, 4) is 0 Å². The van der Waals surface area contributed by atoms with E-state index in [4.69, 9.17) is 5.11 Å². The Balaban J connectivity index is 2.01. The standard InChI is InChI=1S/C14H24N2O3/c1-2-15(10-13(17)18)14(19)16-9-5-8-12(16)11-6-3-4-7-11/h11-12H,2-10H2,1H3,(H,17,18). The summed E-state index contributed by atoms with van der Waals surface area (Å²) >= 11 is 0. The Kier molecular flexibility index (Phi) is 4.66. The second-order valence-electron chi connectivity index (χ2n) is 5.64. The summed E-state index contributed by atoms with van der Waals surface area (Å²) in [6.07, 6.45) is 7.13. The van der Waals surface area contributed by atoms with Gasteiger partial charge in [0.1, 0.15) is 6.54 Å². The minimum atomic E-state index is -0.938. The van der Waals surface area contributed by atoms with E-state index in [1.165, 1.54) is 30.6 Å². The van der Waals surface area contributed by atoms with Gasteiger partial charge in [-0.3, -0.25) is 4.79 Å². The molecule has 1 N–H and O–H groups in total. The molecule has 1 unspecified atom stereocenters. The fraction of sp³-hybridized carbons (Fsp3) is 0.857. The summed E-state index contributed by atoms with van der Waals surface area (Å²) in [6.45, 7) is 2.89. The quantitative estimate of drug-likeness (QED) is 0.850. The summed E-state index contributed by atoms with van der Waals surface area (Å²) in [5, 5.41) is 8.87. The van der Waals surface area contributed by atoms with Crippen LogP contribution < -0.4 is 0 Å². The van der Waals surface area contributed by atoms with Crippen LogP contribution in [0.5, 0.6) is 0 Å². The molecule has 2 amide bonds. The van der Waals surface area contributed by atoms with Gasteiger partial charge in [0.2, 0.25) is 0 Å². The highest BCUT2D eigenvalue weighted by molar-refractivity contribution is 5.80. The number of aliphatic carboxylic acids is 1. The summed E-state index contributed by atoms with van der Waals surface area (Å²) in [7, 11) is 0. The number of hydrogen-bond acceptors (Lipinski definition) is 2. The minimum Gasteiger partial charge on any atom is -0.480 e. The first-order valence-electron chi connectivity index (χ1n) is 7.40. The summed E-state index contributed by atoms with van der Waals surface area (Å²) < 4.78 is 0. The fourth-order valence-corrected chi connectivity index (χ4v) is 3.52. The summed E-state index contributed by atoms with van der Waals surface area (Å²) in [5.74, 6) is -0.304. The molecule has 0 aromatic heterocycles. The van der Waals surface area contributed by atoms with Crippen molar-refractivity contribution in [1.29, 1.82) is 0 Å². The van der Waals surface area contributed by atoms with Crippen molar-refractivity contribution in [3.05, 3.63) is 0 Å². The van der Waals surface area contributed by atoms with E-state index in [0.717, 1.165) is 19.4 Å². The SMILES string of the molecule is CCN(CC(=O)O)C(=O)N1CCCC1C1CCCC1. The third-order valence-electron chi connectivity index (χ3n) is 4.47. The molecule has 108 valence electrons. The van der Waals surface area contributed by atoms with Gasteiger partial charge >= 0.3 is 12.0 Å². The number of rotatable bonds is 4. The lowest BCUT2D eigenvalue weighted by atomic mass is 9.96. The Morgan fingerprint density at radius 1 is 1.21 bits per heavy atom. The second kappa shape index (κ2) is 6.26. The predicted octanol–water partition coefficient (Wildman–Crippen LogP) is 2.17. The molecule has 0 aromatic rings. The Morgan fingerprint density at radius 3 is 2.47 bits per heavy atom. The maximum atomic E-state index is 12.5. The van der Waals surface area contributed by atoms with Gasteiger partial charge in [0, 0.05) is 19.1 Å². The Labute approximate surface area is 114 Å². The van der Waals surface area contributed by atoms with Crippen LogP contribution in [-0.2, 0) is 4.79 Å². The molecule has 2 aliphatic rings. The third-order valence-corrected chi connectivity index (χ3v) is 4.47. The van der Waals surface area contributed by atoms with Crippen LogP contribution in [0.15, 0.2) is 0 Å². The molecule has 1 aliphatic carbocycles. The third kappa shape index (κ3) is 3.19. The second-order valence-corrected chi connectivity index (χ2v) is 5.64. The number of likely N-dealkylation sites (N-methyl/N-ethyl adjacent to an activating group) is 1. The summed E-state index contributed by atoms with van der Waals surface area (Å²) in [4.78, 5) is 26.7. The van der Waals surface area contributed by atoms with Crippen LogP contribution in [0.4, 0.5) is 4.79 Å². The monoisotopic (exact) mass is 268 g/mol. The first-order valence-corrected chi connectivity index (χ1v) is 7.40. The van der Waals surface area contributed by atoms with Crippen molar-refractivity contribution in [2.75, 3.05) is 19.6 Å². The highest BCUT2D eigenvalue weighted by Crippen LogP contribution is 2.35. The van der Waals surface area contributed by atoms with Crippen LogP contribution >= 0.6 is 0 Å². The number of hydrogen-bond donors (Lipinski definition) is 1. The average Bonchev–Trinajstić information content (AvgIpc) is 3.03. The number of carbonyl (C=O) groups excluding carboxylic acids is 1. The van der Waals surface area contributed by atoms with E-state index in [0.29, 0.717) is 18.5 Å². The lowest BCUT2D eigenvalue weighted by Gasteiger charge is -2.33. The average molecular weight is 268 g/mol. The molecule has 5 nitrogen and oxygen atoms in total. The molecule has 1 atom stereocenters. The van der Waals surface area contributed by atoms with Crippen LogP contribution in [0, 0.1) is 5.92 Å². The Bertz CT molecular complexity index is 340. The number of nitrogens with zero attached hydrogens (tertiary/aromatic N) is 2. The van der Waals surface area contributed by atoms with Crippen LogP contribution in [-0.4, -0.2) is 52.6 Å². The van der Waals surface area contributed by atoms with Crippen LogP contribution in [0.2, 0.25) is 0 Å². The number of carbonyl (C=O) groups is 2. The zero-order chi connectivity index (χ0) is 13.8. The van der Waals surface area contributed by atoms with Gasteiger partial charge in [0.15, 0.2) is 0 Å². The maximum absolute atomic E-state index is 12.5. The Hall–Kier alpha value is -1.26. The zero-order valence-corrected chi connectivity index (χ0v) is 11.7. The van der Waals surface area contributed by atoms with E-state index >= 15 is 0 Å². The molecule has 0 spiro atoms. The molecule has 0 bridgehead atoms. The topological polar surface area (TPSA) is 60.9 Å². The van der Waals surface area contributed by atoms with Gasteiger partial charge in [-0.25, -0.2) is 4.79 Å². The van der Waals surface area contributed by atoms with Crippen molar-refractivity contribution >= 4 is 12.0 Å². The predicted molar refractivity (Wildman–Crippen MR) is 72.0 cm³/mol. The lowest BCUT2D eigenvalue weighted by molar-refractivity contribution is -0.137. The largest absolute Gasteiger partial charge is 0.480 e. The first kappa shape index (κ1) is 14.2. The molecule has 1 heterocycles. The molecule has 2 rings (SSSR count). The van der Waals surface area contributed by atoms with Gasteiger partial charge in [0.25, 0.3) is 0 Å². The van der Waals surface area contributed by atoms with Crippen LogP contribution in [0.3, 0.4) is 0 Å². The van der Waals surface area contributed by atoms with E-state index in [1.54, 1.807) is 0 Å². The van der Waals surface area contributed by atoms with Crippen molar-refractivity contribution < 1.29 is 14.7 Å². The van der Waals surface area contributed by atoms with Crippen LogP contribution in [0.25, 0.3) is 0 Å². The highest BCUT2D eigenvalue weighted by Gasteiger charge is 2.37. The Morgan fingerprint density at radius 2 is 1.89 bits per heavy atom. The molecular formula is C14H24N2O3. The lowest BCUT2D eigenvalue weighted by Crippen LogP contribution is -2.48. The van der Waals surface area contributed by atoms with E-state index in [1.807, 2.05) is 11.8 Å². The number of amides is 2. The van der Waals surface area contributed by atoms with Gasteiger partial charge in [-0.05, 0) is 38.5 Å². The van der Waals surface area contributed by atoms with Crippen molar-refractivity contribution in [2.45, 2.75) is 51.5 Å². The minimum absolute atomic E-state index is 0.0840. The highest BCUT2D eigenvalue weighted by atomic mass is 16.4. The van der Waals surface area contributed by atoms with Gasteiger partial charge in [-0.1, -0.05) is 12.8 Å². The molecule has 1 saturated heterocycles. The molecule has 1 aliphatic heterocycles.